The van der Waals surface area contributed by atoms with Crippen LogP contribution in [0.25, 0.3) is 0 Å². The Labute approximate surface area is 112 Å². The molecule has 2 rings (SSSR count). The Balaban J connectivity index is 2.33. The molecule has 0 amide bonds. The van der Waals surface area contributed by atoms with Gasteiger partial charge in [-0.05, 0) is 39.5 Å². The summed E-state index contributed by atoms with van der Waals surface area (Å²) in [7, 11) is 0. The molecule has 0 aromatic carbocycles. The summed E-state index contributed by atoms with van der Waals surface area (Å²) < 4.78 is 1.14. The zero-order valence-corrected chi connectivity index (χ0v) is 12.4. The highest BCUT2D eigenvalue weighted by Gasteiger charge is 2.16. The van der Waals surface area contributed by atoms with Crippen molar-refractivity contribution in [3.05, 3.63) is 42.1 Å². The molecule has 0 aliphatic heterocycles. The van der Waals surface area contributed by atoms with Crippen LogP contribution in [0.5, 0.6) is 0 Å². The van der Waals surface area contributed by atoms with E-state index in [1.165, 1.54) is 9.75 Å². The van der Waals surface area contributed by atoms with Crippen LogP contribution in [0.2, 0.25) is 5.02 Å². The summed E-state index contributed by atoms with van der Waals surface area (Å²) in [5.74, 6) is 0. The molecule has 0 bridgehead atoms. The standard InChI is InChI=1S/C9H5Br2ClS2/c10-7-2-1-6(14-7)8(11)9-5(12)3-4-13-9/h1-4,8H. The monoisotopic (exact) mass is 370 g/mol. The molecule has 0 saturated carbocycles. The molecule has 0 fully saturated rings. The Morgan fingerprint density at radius 1 is 1.29 bits per heavy atom. The van der Waals surface area contributed by atoms with Crippen molar-refractivity contribution in [3.63, 3.8) is 0 Å². The molecule has 0 aliphatic carbocycles. The molecule has 0 radical (unpaired) electrons. The molecule has 1 atom stereocenters. The van der Waals surface area contributed by atoms with Gasteiger partial charge in [0.1, 0.15) is 0 Å². The Kier molecular flexibility index (Phi) is 3.71. The van der Waals surface area contributed by atoms with Gasteiger partial charge in [0.2, 0.25) is 0 Å². The Morgan fingerprint density at radius 2 is 2.07 bits per heavy atom. The first kappa shape index (κ1) is 11.1. The zero-order valence-electron chi connectivity index (χ0n) is 6.84. The predicted octanol–water partition coefficient (Wildman–Crippen LogP) is 5.71. The fourth-order valence-electron chi connectivity index (χ4n) is 1.08. The molecule has 1 unspecified atom stereocenters. The van der Waals surface area contributed by atoms with Gasteiger partial charge in [-0.3, -0.25) is 0 Å². The minimum absolute atomic E-state index is 0.214. The highest BCUT2D eigenvalue weighted by molar-refractivity contribution is 9.11. The lowest BCUT2D eigenvalue weighted by Gasteiger charge is -2.04. The third-order valence-electron chi connectivity index (χ3n) is 1.72. The number of halogens is 3. The smallest absolute Gasteiger partial charge is 0.0846 e. The van der Waals surface area contributed by atoms with E-state index in [1.54, 1.807) is 22.7 Å². The fourth-order valence-corrected chi connectivity index (χ4v) is 4.86. The second kappa shape index (κ2) is 4.66. The van der Waals surface area contributed by atoms with Crippen LogP contribution in [0.3, 0.4) is 0 Å². The lowest BCUT2D eigenvalue weighted by molar-refractivity contribution is 1.29. The normalized spacial score (nSPS) is 13.1. The van der Waals surface area contributed by atoms with E-state index < -0.39 is 0 Å². The molecule has 0 spiro atoms. The fraction of sp³-hybridized carbons (Fsp3) is 0.111. The van der Waals surface area contributed by atoms with Gasteiger partial charge >= 0.3 is 0 Å². The van der Waals surface area contributed by atoms with Gasteiger partial charge in [-0.25, -0.2) is 0 Å². The molecular formula is C9H5Br2ClS2. The summed E-state index contributed by atoms with van der Waals surface area (Å²) in [6.45, 7) is 0. The van der Waals surface area contributed by atoms with E-state index in [4.69, 9.17) is 11.6 Å². The minimum Gasteiger partial charge on any atom is -0.146 e. The van der Waals surface area contributed by atoms with Crippen LogP contribution in [-0.4, -0.2) is 0 Å². The van der Waals surface area contributed by atoms with Crippen LogP contribution in [0, 0.1) is 0 Å². The highest BCUT2D eigenvalue weighted by Crippen LogP contribution is 2.42. The second-order valence-electron chi connectivity index (χ2n) is 2.64. The summed E-state index contributed by atoms with van der Waals surface area (Å²) in [5.41, 5.74) is 0. The van der Waals surface area contributed by atoms with Crippen molar-refractivity contribution in [2.24, 2.45) is 0 Å². The van der Waals surface area contributed by atoms with Crippen LogP contribution in [0.1, 0.15) is 14.6 Å². The number of thiophene rings is 2. The van der Waals surface area contributed by atoms with Crippen LogP contribution in [0.4, 0.5) is 0 Å². The van der Waals surface area contributed by atoms with Gasteiger partial charge in [0.25, 0.3) is 0 Å². The average Bonchev–Trinajstić information content (AvgIpc) is 2.73. The maximum atomic E-state index is 6.06. The van der Waals surface area contributed by atoms with E-state index in [0.717, 1.165) is 8.81 Å². The molecule has 0 aliphatic rings. The van der Waals surface area contributed by atoms with Crippen LogP contribution >= 0.6 is 66.1 Å². The summed E-state index contributed by atoms with van der Waals surface area (Å²) in [5, 5.41) is 2.84. The summed E-state index contributed by atoms with van der Waals surface area (Å²) in [4.78, 5) is 2.65. The van der Waals surface area contributed by atoms with E-state index in [1.807, 2.05) is 11.4 Å². The van der Waals surface area contributed by atoms with Gasteiger partial charge in [-0.2, -0.15) is 0 Å². The van der Waals surface area contributed by atoms with E-state index in [-0.39, 0.29) is 4.83 Å². The third kappa shape index (κ3) is 2.25. The Hall–Kier alpha value is 0.650. The molecule has 0 N–H and O–H groups in total. The quantitative estimate of drug-likeness (QED) is 0.592. The van der Waals surface area contributed by atoms with Crippen molar-refractivity contribution in [2.45, 2.75) is 4.83 Å². The van der Waals surface area contributed by atoms with Crippen LogP contribution in [-0.2, 0) is 0 Å². The SMILES string of the molecule is Clc1ccsc1C(Br)c1ccc(Br)s1. The summed E-state index contributed by atoms with van der Waals surface area (Å²) >= 11 is 16.6. The third-order valence-corrected chi connectivity index (χ3v) is 6.39. The van der Waals surface area contributed by atoms with Crippen molar-refractivity contribution in [1.82, 2.24) is 0 Å². The van der Waals surface area contributed by atoms with E-state index in [2.05, 4.69) is 44.0 Å². The molecule has 14 heavy (non-hydrogen) atoms. The van der Waals surface area contributed by atoms with Gasteiger partial charge in [-0.1, -0.05) is 27.5 Å². The summed E-state index contributed by atoms with van der Waals surface area (Å²) in [6.07, 6.45) is 0. The first-order valence-corrected chi connectivity index (χ1v) is 7.59. The first-order valence-electron chi connectivity index (χ1n) is 3.80. The molecule has 2 aromatic rings. The van der Waals surface area contributed by atoms with Gasteiger partial charge in [0.05, 0.1) is 13.6 Å². The first-order chi connectivity index (χ1) is 6.68. The Morgan fingerprint density at radius 3 is 2.57 bits per heavy atom. The number of rotatable bonds is 2. The average molecular weight is 373 g/mol. The minimum atomic E-state index is 0.214. The predicted molar refractivity (Wildman–Crippen MR) is 72.1 cm³/mol. The molecule has 5 heteroatoms. The van der Waals surface area contributed by atoms with Crippen molar-refractivity contribution in [2.75, 3.05) is 0 Å². The van der Waals surface area contributed by atoms with Gasteiger partial charge < -0.3 is 0 Å². The van der Waals surface area contributed by atoms with Gasteiger partial charge in [-0.15, -0.1) is 22.7 Å². The number of hydrogen-bond acceptors (Lipinski definition) is 2. The van der Waals surface area contributed by atoms with Gasteiger partial charge in [0, 0.05) is 9.75 Å². The van der Waals surface area contributed by atoms with Crippen LogP contribution < -0.4 is 0 Å². The van der Waals surface area contributed by atoms with E-state index in [9.17, 15) is 0 Å². The molecule has 0 saturated heterocycles. The molecular weight excluding hydrogens is 367 g/mol. The van der Waals surface area contributed by atoms with E-state index in [0.29, 0.717) is 0 Å². The van der Waals surface area contributed by atoms with E-state index >= 15 is 0 Å². The Bertz CT molecular complexity index is 435. The highest BCUT2D eigenvalue weighted by atomic mass is 79.9. The van der Waals surface area contributed by atoms with Crippen molar-refractivity contribution in [1.29, 1.82) is 0 Å². The lowest BCUT2D eigenvalue weighted by atomic mass is 10.3. The maximum Gasteiger partial charge on any atom is 0.0846 e. The number of alkyl halides is 1. The zero-order chi connectivity index (χ0) is 10.1. The lowest BCUT2D eigenvalue weighted by Crippen LogP contribution is -1.84. The maximum absolute atomic E-state index is 6.06. The second-order valence-corrected chi connectivity index (χ2v) is 7.40. The summed E-state index contributed by atoms with van der Waals surface area (Å²) in [6, 6.07) is 6.08. The van der Waals surface area contributed by atoms with Crippen LogP contribution in [0.15, 0.2) is 27.4 Å². The molecule has 2 aromatic heterocycles. The number of hydrogen-bond donors (Lipinski definition) is 0. The molecule has 2 heterocycles. The van der Waals surface area contributed by atoms with Crippen molar-refractivity contribution >= 4 is 66.1 Å². The van der Waals surface area contributed by atoms with Crippen molar-refractivity contribution in [3.8, 4) is 0 Å². The van der Waals surface area contributed by atoms with Gasteiger partial charge in [0.15, 0.2) is 0 Å². The molecule has 74 valence electrons. The van der Waals surface area contributed by atoms with Crippen molar-refractivity contribution < 1.29 is 0 Å². The topological polar surface area (TPSA) is 0 Å². The largest absolute Gasteiger partial charge is 0.146 e. The molecule has 0 nitrogen and oxygen atoms in total.